The number of rotatable bonds is 5. The van der Waals surface area contributed by atoms with Gasteiger partial charge in [-0.15, -0.1) is 0 Å². The third-order valence-corrected chi connectivity index (χ3v) is 7.05. The lowest BCUT2D eigenvalue weighted by atomic mass is 9.92. The fourth-order valence-electron chi connectivity index (χ4n) is 5.11. The highest BCUT2D eigenvalue weighted by Crippen LogP contribution is 2.40. The van der Waals surface area contributed by atoms with Crippen molar-refractivity contribution in [3.63, 3.8) is 0 Å². The first kappa shape index (κ1) is 20.9. The van der Waals surface area contributed by atoms with Gasteiger partial charge in [0.25, 0.3) is 11.5 Å². The number of aromatic nitrogens is 4. The Hall–Kier alpha value is -2.96. The molecule has 2 aliphatic rings. The predicted molar refractivity (Wildman–Crippen MR) is 124 cm³/mol. The molecule has 1 amide bonds. The van der Waals surface area contributed by atoms with E-state index in [1.165, 1.54) is 6.42 Å². The highest BCUT2D eigenvalue weighted by atomic mass is 16.2. The molecule has 0 radical (unpaired) electrons. The molecule has 2 N–H and O–H groups in total. The standard InChI is InChI=1S/C25H31N5O2/c1-14-11-15(2)26-24(31)20(14)13-30(18-7-5-4-6-8-18)25(32)19-12-21(17-9-10-17)27-23-22(19)16(3)28-29-23/h11-12,17-18H,4-10,13H2,1-3H3,(H,26,31)(H,27,28,29). The summed E-state index contributed by atoms with van der Waals surface area (Å²) in [5.74, 6) is 0.406. The Labute approximate surface area is 187 Å². The number of nitrogens with one attached hydrogen (secondary N) is 2. The molecule has 3 aromatic heterocycles. The predicted octanol–water partition coefficient (Wildman–Crippen LogP) is 4.42. The molecule has 3 heterocycles. The van der Waals surface area contributed by atoms with Gasteiger partial charge >= 0.3 is 0 Å². The molecule has 0 spiro atoms. The minimum Gasteiger partial charge on any atom is -0.331 e. The third-order valence-electron chi connectivity index (χ3n) is 7.05. The normalized spacial score (nSPS) is 17.1. The van der Waals surface area contributed by atoms with Crippen LogP contribution >= 0.6 is 0 Å². The van der Waals surface area contributed by atoms with Crippen molar-refractivity contribution >= 4 is 16.9 Å². The van der Waals surface area contributed by atoms with Gasteiger partial charge in [-0.2, -0.15) is 5.10 Å². The first-order valence-corrected chi connectivity index (χ1v) is 11.8. The van der Waals surface area contributed by atoms with Gasteiger partial charge in [0.15, 0.2) is 5.65 Å². The van der Waals surface area contributed by atoms with Crippen molar-refractivity contribution in [2.45, 2.75) is 84.2 Å². The number of fused-ring (bicyclic) bond motifs is 1. The van der Waals surface area contributed by atoms with E-state index in [0.717, 1.165) is 66.6 Å². The number of aromatic amines is 2. The number of aryl methyl sites for hydroxylation is 3. The third kappa shape index (κ3) is 3.85. The number of hydrogen-bond donors (Lipinski definition) is 2. The highest BCUT2D eigenvalue weighted by molar-refractivity contribution is 6.06. The van der Waals surface area contributed by atoms with Crippen LogP contribution in [-0.2, 0) is 6.54 Å². The Kier molecular flexibility index (Phi) is 5.35. The average molecular weight is 434 g/mol. The van der Waals surface area contributed by atoms with E-state index in [1.54, 1.807) is 0 Å². The molecule has 168 valence electrons. The first-order valence-electron chi connectivity index (χ1n) is 11.8. The number of carbonyl (C=O) groups is 1. The van der Waals surface area contributed by atoms with Crippen molar-refractivity contribution < 1.29 is 4.79 Å². The summed E-state index contributed by atoms with van der Waals surface area (Å²) in [5.41, 5.74) is 5.42. The smallest absolute Gasteiger partial charge is 0.255 e. The van der Waals surface area contributed by atoms with E-state index in [2.05, 4.69) is 15.2 Å². The summed E-state index contributed by atoms with van der Waals surface area (Å²) in [6.45, 7) is 6.10. The molecule has 5 rings (SSSR count). The van der Waals surface area contributed by atoms with Crippen LogP contribution < -0.4 is 5.56 Å². The molecule has 7 nitrogen and oxygen atoms in total. The quantitative estimate of drug-likeness (QED) is 0.622. The maximum Gasteiger partial charge on any atom is 0.255 e. The summed E-state index contributed by atoms with van der Waals surface area (Å²) in [6, 6.07) is 4.10. The number of amides is 1. The molecule has 2 fully saturated rings. The summed E-state index contributed by atoms with van der Waals surface area (Å²) < 4.78 is 0. The summed E-state index contributed by atoms with van der Waals surface area (Å²) in [4.78, 5) is 36.5. The van der Waals surface area contributed by atoms with Gasteiger partial charge in [-0.05, 0) is 64.2 Å². The van der Waals surface area contributed by atoms with Crippen LogP contribution in [0.4, 0.5) is 0 Å². The molecule has 7 heteroatoms. The van der Waals surface area contributed by atoms with Crippen LogP contribution in [0.2, 0.25) is 0 Å². The molecule has 3 aromatic rings. The maximum absolute atomic E-state index is 14.1. The van der Waals surface area contributed by atoms with Crippen molar-refractivity contribution in [1.29, 1.82) is 0 Å². The molecule has 0 bridgehead atoms. The Balaban J connectivity index is 1.60. The zero-order valence-corrected chi connectivity index (χ0v) is 19.1. The van der Waals surface area contributed by atoms with Crippen LogP contribution in [0.1, 0.15) is 89.4 Å². The Morgan fingerprint density at radius 1 is 1.09 bits per heavy atom. The topological polar surface area (TPSA) is 94.7 Å². The minimum absolute atomic E-state index is 0.0184. The van der Waals surface area contributed by atoms with Gasteiger partial charge in [-0.25, -0.2) is 4.98 Å². The number of H-pyrrole nitrogens is 2. The molecule has 0 unspecified atom stereocenters. The fraction of sp³-hybridized carbons (Fsp3) is 0.520. The van der Waals surface area contributed by atoms with Crippen LogP contribution in [0.15, 0.2) is 16.9 Å². The number of nitrogens with zero attached hydrogens (tertiary/aromatic N) is 3. The zero-order valence-electron chi connectivity index (χ0n) is 19.1. The average Bonchev–Trinajstić information content (AvgIpc) is 3.56. The van der Waals surface area contributed by atoms with Crippen molar-refractivity contribution in [3.8, 4) is 0 Å². The van der Waals surface area contributed by atoms with Crippen molar-refractivity contribution in [3.05, 3.63) is 56.3 Å². The number of pyridine rings is 2. The maximum atomic E-state index is 14.1. The van der Waals surface area contributed by atoms with Gasteiger partial charge in [-0.3, -0.25) is 14.7 Å². The van der Waals surface area contributed by atoms with E-state index in [9.17, 15) is 9.59 Å². The molecule has 2 saturated carbocycles. The summed E-state index contributed by atoms with van der Waals surface area (Å²) in [5, 5.41) is 8.18. The van der Waals surface area contributed by atoms with Gasteiger partial charge in [0.1, 0.15) is 0 Å². The van der Waals surface area contributed by atoms with Crippen LogP contribution in [-0.4, -0.2) is 37.0 Å². The van der Waals surface area contributed by atoms with Crippen molar-refractivity contribution in [1.82, 2.24) is 25.1 Å². The molecule has 0 aromatic carbocycles. The lowest BCUT2D eigenvalue weighted by Gasteiger charge is -2.35. The highest BCUT2D eigenvalue weighted by Gasteiger charge is 2.32. The van der Waals surface area contributed by atoms with E-state index >= 15 is 0 Å². The summed E-state index contributed by atoms with van der Waals surface area (Å²) in [6.07, 6.45) is 7.60. The van der Waals surface area contributed by atoms with E-state index in [-0.39, 0.29) is 17.5 Å². The van der Waals surface area contributed by atoms with Gasteiger partial charge in [-0.1, -0.05) is 19.3 Å². The van der Waals surface area contributed by atoms with E-state index in [0.29, 0.717) is 29.2 Å². The van der Waals surface area contributed by atoms with Crippen molar-refractivity contribution in [2.24, 2.45) is 0 Å². The summed E-state index contributed by atoms with van der Waals surface area (Å²) in [7, 11) is 0. The Morgan fingerprint density at radius 3 is 2.53 bits per heavy atom. The van der Waals surface area contributed by atoms with Gasteiger partial charge in [0.2, 0.25) is 0 Å². The second-order valence-corrected chi connectivity index (χ2v) is 9.58. The van der Waals surface area contributed by atoms with Gasteiger partial charge in [0.05, 0.1) is 17.5 Å². The number of carbonyl (C=O) groups excluding carboxylic acids is 1. The molecule has 0 atom stereocenters. The van der Waals surface area contributed by atoms with Gasteiger partial charge < -0.3 is 9.88 Å². The Morgan fingerprint density at radius 2 is 1.84 bits per heavy atom. The molecular weight excluding hydrogens is 402 g/mol. The van der Waals surface area contributed by atoms with E-state index in [1.807, 2.05) is 37.8 Å². The van der Waals surface area contributed by atoms with Crippen LogP contribution in [0.5, 0.6) is 0 Å². The largest absolute Gasteiger partial charge is 0.331 e. The Bertz CT molecular complexity index is 1230. The monoisotopic (exact) mass is 433 g/mol. The first-order chi connectivity index (χ1) is 15.4. The second kappa shape index (κ2) is 8.19. The second-order valence-electron chi connectivity index (χ2n) is 9.58. The molecule has 0 aliphatic heterocycles. The zero-order chi connectivity index (χ0) is 22.4. The fourth-order valence-corrected chi connectivity index (χ4v) is 5.11. The van der Waals surface area contributed by atoms with Gasteiger partial charge in [0, 0.05) is 34.6 Å². The SMILES string of the molecule is Cc1cc(C)c(CN(C(=O)c2cc(C3CC3)nc3n[nH]c(C)c23)C2CCCCC2)c(=O)[nH]1. The van der Waals surface area contributed by atoms with Crippen LogP contribution in [0, 0.1) is 20.8 Å². The lowest BCUT2D eigenvalue weighted by molar-refractivity contribution is 0.0614. The van der Waals surface area contributed by atoms with E-state index < -0.39 is 0 Å². The molecule has 32 heavy (non-hydrogen) atoms. The molecule has 0 saturated heterocycles. The minimum atomic E-state index is -0.103. The summed E-state index contributed by atoms with van der Waals surface area (Å²) >= 11 is 0. The van der Waals surface area contributed by atoms with E-state index in [4.69, 9.17) is 4.98 Å². The van der Waals surface area contributed by atoms with Crippen LogP contribution in [0.3, 0.4) is 0 Å². The molecular formula is C25H31N5O2. The van der Waals surface area contributed by atoms with Crippen molar-refractivity contribution in [2.75, 3.05) is 0 Å². The lowest BCUT2D eigenvalue weighted by Crippen LogP contribution is -2.42. The molecule has 2 aliphatic carbocycles. The number of hydrogen-bond acceptors (Lipinski definition) is 4. The van der Waals surface area contributed by atoms with Crippen LogP contribution in [0.25, 0.3) is 11.0 Å².